The van der Waals surface area contributed by atoms with Crippen LogP contribution in [0.1, 0.15) is 42.9 Å². The van der Waals surface area contributed by atoms with E-state index in [0.29, 0.717) is 37.1 Å². The number of alkyl carbamates (subject to hydrolysis) is 1. The molecule has 1 unspecified atom stereocenters. The molecule has 1 saturated heterocycles. The smallest absolute Gasteiger partial charge is 0.406 e. The quantitative estimate of drug-likeness (QED) is 0.453. The van der Waals surface area contributed by atoms with Gasteiger partial charge in [-0.05, 0) is 49.8 Å². The molecule has 0 radical (unpaired) electrons. The lowest BCUT2D eigenvalue weighted by Gasteiger charge is -2.38. The summed E-state index contributed by atoms with van der Waals surface area (Å²) in [5.41, 5.74) is 8.94. The summed E-state index contributed by atoms with van der Waals surface area (Å²) in [6.45, 7) is 3.47. The molecule has 5 atom stereocenters. The highest BCUT2D eigenvalue weighted by Crippen LogP contribution is 2.40. The summed E-state index contributed by atoms with van der Waals surface area (Å²) in [6, 6.07) is 12.3. The summed E-state index contributed by atoms with van der Waals surface area (Å²) in [4.78, 5) is 26.7. The Labute approximate surface area is 223 Å². The van der Waals surface area contributed by atoms with Gasteiger partial charge in [-0.3, -0.25) is 4.79 Å². The van der Waals surface area contributed by atoms with Gasteiger partial charge in [-0.15, -0.1) is 0 Å². The number of likely N-dealkylation sites (tertiary alicyclic amines) is 1. The maximum absolute atomic E-state index is 15.4. The highest BCUT2D eigenvalue weighted by atomic mass is 19.1. The number of carbonyl (C=O) groups is 2. The first kappa shape index (κ1) is 28.0. The zero-order chi connectivity index (χ0) is 27.2. The molecule has 1 saturated carbocycles. The van der Waals surface area contributed by atoms with Crippen LogP contribution >= 0.6 is 0 Å². The van der Waals surface area contributed by atoms with Crippen LogP contribution < -0.4 is 11.1 Å². The Hall–Kier alpha value is -3.01. The topological polar surface area (TPSA) is 114 Å². The number of carbonyl (C=O) groups excluding carboxylic acids is 2. The van der Waals surface area contributed by atoms with Crippen molar-refractivity contribution in [3.8, 4) is 11.1 Å². The lowest BCUT2D eigenvalue weighted by molar-refractivity contribution is -0.139. The van der Waals surface area contributed by atoms with Crippen LogP contribution in [0.5, 0.6) is 0 Å². The highest BCUT2D eigenvalue weighted by Gasteiger charge is 2.39. The molecule has 2 amide bonds. The van der Waals surface area contributed by atoms with Gasteiger partial charge in [0, 0.05) is 43.1 Å². The van der Waals surface area contributed by atoms with Crippen LogP contribution in [0.2, 0.25) is 0 Å². The number of rotatable bonds is 8. The third-order valence-electron chi connectivity index (χ3n) is 7.64. The first-order valence-corrected chi connectivity index (χ1v) is 13.3. The van der Waals surface area contributed by atoms with E-state index in [-0.39, 0.29) is 42.8 Å². The zero-order valence-corrected chi connectivity index (χ0v) is 22.1. The summed E-state index contributed by atoms with van der Waals surface area (Å²) in [5, 5.41) is 12.7. The predicted molar refractivity (Wildman–Crippen MR) is 142 cm³/mol. The van der Waals surface area contributed by atoms with Crippen molar-refractivity contribution < 1.29 is 28.6 Å². The van der Waals surface area contributed by atoms with E-state index in [2.05, 4.69) is 10.1 Å². The Bertz CT molecular complexity index is 1120. The monoisotopic (exact) mass is 527 g/mol. The van der Waals surface area contributed by atoms with Gasteiger partial charge >= 0.3 is 6.09 Å². The lowest BCUT2D eigenvalue weighted by atomic mass is 9.84. The van der Waals surface area contributed by atoms with Gasteiger partial charge in [0.1, 0.15) is 5.82 Å². The van der Waals surface area contributed by atoms with Crippen molar-refractivity contribution in [3.05, 3.63) is 59.4 Å². The third kappa shape index (κ3) is 6.51. The summed E-state index contributed by atoms with van der Waals surface area (Å²) in [7, 11) is 1.30. The average Bonchev–Trinajstić information content (AvgIpc) is 3.25. The Morgan fingerprint density at radius 1 is 1.24 bits per heavy atom. The van der Waals surface area contributed by atoms with Crippen molar-refractivity contribution in [2.24, 2.45) is 17.6 Å². The molecule has 38 heavy (non-hydrogen) atoms. The first-order valence-electron chi connectivity index (χ1n) is 13.3. The van der Waals surface area contributed by atoms with E-state index in [1.165, 1.54) is 13.2 Å². The van der Waals surface area contributed by atoms with Crippen LogP contribution in [0.25, 0.3) is 11.1 Å². The maximum Gasteiger partial charge on any atom is 0.406 e. The number of hydrogen-bond donors (Lipinski definition) is 3. The second-order valence-electron chi connectivity index (χ2n) is 10.4. The summed E-state index contributed by atoms with van der Waals surface area (Å²) >= 11 is 0. The van der Waals surface area contributed by atoms with Gasteiger partial charge in [-0.2, -0.15) is 0 Å². The summed E-state index contributed by atoms with van der Waals surface area (Å²) in [6.07, 6.45) is 0.717. The molecule has 8 nitrogen and oxygen atoms in total. The van der Waals surface area contributed by atoms with Gasteiger partial charge in [-0.1, -0.05) is 42.0 Å². The summed E-state index contributed by atoms with van der Waals surface area (Å²) < 4.78 is 26.4. The molecule has 9 heteroatoms. The largest absolute Gasteiger partial charge is 0.453 e. The number of ether oxygens (including phenoxy) is 2. The highest BCUT2D eigenvalue weighted by molar-refractivity contribution is 5.79. The lowest BCUT2D eigenvalue weighted by Crippen LogP contribution is -2.44. The minimum Gasteiger partial charge on any atom is -0.453 e. The second-order valence-corrected chi connectivity index (χ2v) is 10.4. The Morgan fingerprint density at radius 3 is 2.74 bits per heavy atom. The number of piperidine rings is 1. The fourth-order valence-corrected chi connectivity index (χ4v) is 5.74. The molecule has 4 rings (SSSR count). The van der Waals surface area contributed by atoms with Crippen LogP contribution in [0.3, 0.4) is 0 Å². The van der Waals surface area contributed by atoms with E-state index in [1.807, 2.05) is 42.2 Å². The minimum absolute atomic E-state index is 0.00552. The standard InChI is InChI=1S/C29H38FN3O5/c1-18-6-3-7-19(14-18)26-22(9-4-10-23(26)30)27(38-13-11-32-29(36)37-2)20-8-5-12-33(17-20)28(35)21-15-24(31)25(34)16-21/h3-4,6-7,9-10,14,20-21,24-25,27,34H,5,8,11-13,15-17,31H2,1-2H3,(H,32,36)/t20-,21+,24-,25+,27?/m1/s1. The van der Waals surface area contributed by atoms with Gasteiger partial charge in [0.15, 0.2) is 0 Å². The number of halogens is 1. The van der Waals surface area contributed by atoms with Crippen molar-refractivity contribution in [1.82, 2.24) is 10.2 Å². The van der Waals surface area contributed by atoms with E-state index < -0.39 is 18.3 Å². The number of aryl methyl sites for hydroxylation is 1. The van der Waals surface area contributed by atoms with Crippen LogP contribution in [-0.2, 0) is 14.3 Å². The Morgan fingerprint density at radius 2 is 2.03 bits per heavy atom. The van der Waals surface area contributed by atoms with Crippen LogP contribution in [-0.4, -0.2) is 67.5 Å². The number of benzene rings is 2. The van der Waals surface area contributed by atoms with Gasteiger partial charge in [0.05, 0.1) is 25.9 Å². The number of aliphatic hydroxyl groups excluding tert-OH is 1. The number of nitrogens with two attached hydrogens (primary N) is 1. The molecule has 1 heterocycles. The maximum atomic E-state index is 15.4. The van der Waals surface area contributed by atoms with Crippen molar-refractivity contribution in [2.45, 2.75) is 50.9 Å². The van der Waals surface area contributed by atoms with Crippen LogP contribution in [0.15, 0.2) is 42.5 Å². The third-order valence-corrected chi connectivity index (χ3v) is 7.64. The molecule has 2 aromatic rings. The molecule has 0 aromatic heterocycles. The van der Waals surface area contributed by atoms with E-state index in [1.54, 1.807) is 6.07 Å². The molecule has 1 aliphatic heterocycles. The molecular formula is C29H38FN3O5. The first-order chi connectivity index (χ1) is 18.3. The van der Waals surface area contributed by atoms with E-state index >= 15 is 4.39 Å². The van der Waals surface area contributed by atoms with Crippen molar-refractivity contribution in [3.63, 3.8) is 0 Å². The van der Waals surface area contributed by atoms with E-state index in [9.17, 15) is 14.7 Å². The SMILES string of the molecule is COC(=O)NCCOC(c1cccc(F)c1-c1cccc(C)c1)[C@@H]1CCCN(C(=O)[C@H]2C[C@@H](N)[C@@H](O)C2)C1. The molecule has 2 aliphatic rings. The average molecular weight is 528 g/mol. The van der Waals surface area contributed by atoms with Crippen molar-refractivity contribution >= 4 is 12.0 Å². The van der Waals surface area contributed by atoms with Gasteiger partial charge in [0.2, 0.25) is 5.91 Å². The fourth-order valence-electron chi connectivity index (χ4n) is 5.74. The number of amides is 2. The number of nitrogens with one attached hydrogen (secondary N) is 1. The van der Waals surface area contributed by atoms with E-state index in [4.69, 9.17) is 10.5 Å². The molecule has 1 aliphatic carbocycles. The van der Waals surface area contributed by atoms with Crippen LogP contribution in [0.4, 0.5) is 9.18 Å². The van der Waals surface area contributed by atoms with E-state index in [0.717, 1.165) is 24.0 Å². The Balaban J connectivity index is 1.61. The molecule has 2 aromatic carbocycles. The second kappa shape index (κ2) is 12.7. The predicted octanol–water partition coefficient (Wildman–Crippen LogP) is 3.55. The zero-order valence-electron chi connectivity index (χ0n) is 22.1. The van der Waals surface area contributed by atoms with Gasteiger partial charge < -0.3 is 30.5 Å². The molecule has 4 N–H and O–H groups in total. The fraction of sp³-hybridized carbons (Fsp3) is 0.517. The van der Waals surface area contributed by atoms with Gasteiger partial charge in [-0.25, -0.2) is 9.18 Å². The number of hydrogen-bond acceptors (Lipinski definition) is 6. The number of methoxy groups -OCH3 is 1. The summed E-state index contributed by atoms with van der Waals surface area (Å²) in [5.74, 6) is -0.714. The minimum atomic E-state index is -0.660. The van der Waals surface area contributed by atoms with Crippen LogP contribution in [0, 0.1) is 24.6 Å². The normalized spacial score (nSPS) is 24.2. The molecular weight excluding hydrogens is 489 g/mol. The van der Waals surface area contributed by atoms with Crippen molar-refractivity contribution in [1.29, 1.82) is 0 Å². The number of aliphatic hydroxyl groups is 1. The molecule has 206 valence electrons. The van der Waals surface area contributed by atoms with Gasteiger partial charge in [0.25, 0.3) is 0 Å². The molecule has 2 fully saturated rings. The van der Waals surface area contributed by atoms with Crippen molar-refractivity contribution in [2.75, 3.05) is 33.4 Å². The number of nitrogens with zero attached hydrogens (tertiary/aromatic N) is 1. The molecule has 0 bridgehead atoms. The molecule has 0 spiro atoms. The Kier molecular flexibility index (Phi) is 9.35.